The summed E-state index contributed by atoms with van der Waals surface area (Å²) in [5.74, 6) is 1.70. The summed E-state index contributed by atoms with van der Waals surface area (Å²) in [6, 6.07) is 11.1. The van der Waals surface area contributed by atoms with Crippen molar-refractivity contribution in [1.29, 1.82) is 0 Å². The van der Waals surface area contributed by atoms with E-state index in [-0.39, 0.29) is 5.82 Å². The minimum atomic E-state index is -0.260. The van der Waals surface area contributed by atoms with Crippen LogP contribution in [0.15, 0.2) is 40.9 Å². The zero-order chi connectivity index (χ0) is 27.3. The molecule has 0 unspecified atom stereocenters. The van der Waals surface area contributed by atoms with E-state index >= 15 is 0 Å². The Morgan fingerprint density at radius 2 is 1.95 bits per heavy atom. The number of piperidine rings is 1. The number of piperazine rings is 2. The van der Waals surface area contributed by atoms with Gasteiger partial charge in [0.2, 0.25) is 5.88 Å². The van der Waals surface area contributed by atoms with Crippen LogP contribution in [0.2, 0.25) is 0 Å². The monoisotopic (exact) mass is 551 g/mol. The molecular weight excluding hydrogens is 509 g/mol. The van der Waals surface area contributed by atoms with E-state index in [1.807, 2.05) is 12.1 Å². The molecule has 40 heavy (non-hydrogen) atoms. The number of nitrogens with zero attached hydrogens (tertiary/aromatic N) is 6. The highest BCUT2D eigenvalue weighted by atomic mass is 19.1. The summed E-state index contributed by atoms with van der Waals surface area (Å²) in [6.45, 7) is 12.0. The van der Waals surface area contributed by atoms with E-state index in [4.69, 9.17) is 14.2 Å². The lowest BCUT2D eigenvalue weighted by Gasteiger charge is -2.46. The second kappa shape index (κ2) is 12.8. The van der Waals surface area contributed by atoms with Crippen LogP contribution in [0.25, 0.3) is 11.0 Å². The molecule has 0 bridgehead atoms. The number of likely N-dealkylation sites (N-methyl/N-ethyl adjacent to an activating group) is 1. The molecule has 1 N–H and O–H groups in total. The highest BCUT2D eigenvalue weighted by Gasteiger charge is 2.34. The lowest BCUT2D eigenvalue weighted by Crippen LogP contribution is -2.57. The normalized spacial score (nSPS) is 23.0. The smallest absolute Gasteiger partial charge is 0.213 e. The maximum absolute atomic E-state index is 13.8. The lowest BCUT2D eigenvalue weighted by molar-refractivity contribution is 0.0716. The van der Waals surface area contributed by atoms with Crippen molar-refractivity contribution in [1.82, 2.24) is 30.2 Å². The molecular formula is C30H42FN7O2. The zero-order valence-corrected chi connectivity index (χ0v) is 23.6. The predicted octanol–water partition coefficient (Wildman–Crippen LogP) is 3.07. The first-order chi connectivity index (χ1) is 19.6. The quantitative estimate of drug-likeness (QED) is 0.383. The van der Waals surface area contributed by atoms with Crippen molar-refractivity contribution in [3.63, 3.8) is 0 Å². The molecule has 10 heteroatoms. The van der Waals surface area contributed by atoms with Gasteiger partial charge >= 0.3 is 0 Å². The molecule has 3 saturated heterocycles. The highest BCUT2D eigenvalue weighted by Crippen LogP contribution is 2.31. The Labute approximate surface area is 236 Å². The molecule has 0 saturated carbocycles. The molecule has 3 aliphatic rings. The van der Waals surface area contributed by atoms with E-state index in [0.717, 1.165) is 82.0 Å². The van der Waals surface area contributed by atoms with Crippen molar-refractivity contribution in [2.45, 2.75) is 31.8 Å². The fraction of sp³-hybridized carbons (Fsp3) is 0.600. The van der Waals surface area contributed by atoms with E-state index in [2.05, 4.69) is 43.2 Å². The fourth-order valence-electron chi connectivity index (χ4n) is 6.27. The van der Waals surface area contributed by atoms with Crippen molar-refractivity contribution in [3.05, 3.63) is 47.9 Å². The van der Waals surface area contributed by atoms with Gasteiger partial charge in [0.1, 0.15) is 5.82 Å². The maximum atomic E-state index is 13.8. The van der Waals surface area contributed by atoms with Gasteiger partial charge in [-0.1, -0.05) is 11.2 Å². The van der Waals surface area contributed by atoms with Gasteiger partial charge in [-0.3, -0.25) is 4.90 Å². The summed E-state index contributed by atoms with van der Waals surface area (Å²) in [5.41, 5.74) is 1.66. The van der Waals surface area contributed by atoms with Gasteiger partial charge in [-0.25, -0.2) is 9.37 Å². The molecule has 0 spiro atoms. The number of hydrogen-bond acceptors (Lipinski definition) is 9. The van der Waals surface area contributed by atoms with Gasteiger partial charge in [-0.2, -0.15) is 0 Å². The molecule has 3 fully saturated rings. The van der Waals surface area contributed by atoms with Crippen LogP contribution >= 0.6 is 0 Å². The van der Waals surface area contributed by atoms with Gasteiger partial charge in [-0.15, -0.1) is 0 Å². The fourth-order valence-corrected chi connectivity index (χ4v) is 6.27. The first-order valence-corrected chi connectivity index (χ1v) is 14.8. The van der Waals surface area contributed by atoms with Gasteiger partial charge in [0, 0.05) is 76.9 Å². The minimum absolute atomic E-state index is 0.260. The molecule has 2 aromatic heterocycles. The Morgan fingerprint density at radius 1 is 1.05 bits per heavy atom. The number of rotatable bonds is 10. The number of nitrogens with one attached hydrogen (secondary N) is 1. The average molecular weight is 552 g/mol. The van der Waals surface area contributed by atoms with Gasteiger partial charge < -0.3 is 29.3 Å². The third kappa shape index (κ3) is 6.74. The summed E-state index contributed by atoms with van der Waals surface area (Å²) in [5, 5.41) is 8.56. The third-order valence-corrected chi connectivity index (χ3v) is 8.70. The third-order valence-electron chi connectivity index (χ3n) is 8.70. The van der Waals surface area contributed by atoms with Crippen LogP contribution in [0.3, 0.4) is 0 Å². The van der Waals surface area contributed by atoms with Crippen molar-refractivity contribution in [2.24, 2.45) is 5.92 Å². The number of halogens is 1. The summed E-state index contributed by atoms with van der Waals surface area (Å²) in [4.78, 5) is 14.5. The summed E-state index contributed by atoms with van der Waals surface area (Å²) in [6.07, 6.45) is 3.39. The molecule has 1 aromatic carbocycles. The molecule has 0 radical (unpaired) electrons. The van der Waals surface area contributed by atoms with E-state index in [1.165, 1.54) is 38.3 Å². The molecule has 5 heterocycles. The average Bonchev–Trinajstić information content (AvgIpc) is 3.40. The van der Waals surface area contributed by atoms with E-state index in [0.29, 0.717) is 30.0 Å². The van der Waals surface area contributed by atoms with E-state index < -0.39 is 0 Å². The van der Waals surface area contributed by atoms with Crippen LogP contribution < -0.4 is 15.0 Å². The summed E-state index contributed by atoms with van der Waals surface area (Å²) in [7, 11) is 2.20. The number of aromatic nitrogens is 2. The lowest BCUT2D eigenvalue weighted by atomic mass is 9.91. The van der Waals surface area contributed by atoms with Crippen LogP contribution in [0.1, 0.15) is 25.0 Å². The van der Waals surface area contributed by atoms with Crippen LogP contribution in [0.5, 0.6) is 5.88 Å². The standard InChI is InChI=1S/C30H42FN7O2/c1-35-12-14-36(15-13-35)11-3-10-32-19-25-4-2-5-29(33-25)39-22-23-6-8-26-21-38(17-16-37(26)20-23)30-27-18-24(31)7-9-28(27)40-34-30/h2,4-5,7,9,18,23,26,32H,3,6,8,10-17,19-22H2,1H3/t23-,26-/m1/s1. The van der Waals surface area contributed by atoms with Gasteiger partial charge in [0.05, 0.1) is 17.7 Å². The molecule has 0 aliphatic carbocycles. The molecule has 9 nitrogen and oxygen atoms in total. The molecule has 2 atom stereocenters. The first kappa shape index (κ1) is 27.4. The van der Waals surface area contributed by atoms with Crippen molar-refractivity contribution < 1.29 is 13.7 Å². The first-order valence-electron chi connectivity index (χ1n) is 14.8. The second-order valence-electron chi connectivity index (χ2n) is 11.6. The van der Waals surface area contributed by atoms with Gasteiger partial charge in [0.15, 0.2) is 11.4 Å². The maximum Gasteiger partial charge on any atom is 0.213 e. The Bertz CT molecular complexity index is 1250. The van der Waals surface area contributed by atoms with Crippen LogP contribution in [0, 0.1) is 11.7 Å². The Balaban J connectivity index is 0.919. The number of anilines is 1. The topological polar surface area (TPSA) is 73.1 Å². The van der Waals surface area contributed by atoms with Crippen molar-refractivity contribution in [2.75, 3.05) is 84.0 Å². The van der Waals surface area contributed by atoms with Crippen molar-refractivity contribution >= 4 is 16.8 Å². The molecule has 0 amide bonds. The molecule has 3 aliphatic heterocycles. The number of ether oxygens (including phenoxy) is 1. The largest absolute Gasteiger partial charge is 0.477 e. The molecule has 216 valence electrons. The number of fused-ring (bicyclic) bond motifs is 2. The SMILES string of the molecule is CN1CCN(CCCNCc2cccc(OC[C@@H]3CC[C@@H]4CN(c5noc6ccc(F)cc56)CCN4C3)n2)CC1. The Morgan fingerprint density at radius 3 is 2.85 bits per heavy atom. The Hall–Kier alpha value is -2.79. The van der Waals surface area contributed by atoms with E-state index in [9.17, 15) is 4.39 Å². The van der Waals surface area contributed by atoms with Crippen LogP contribution in [-0.2, 0) is 6.54 Å². The van der Waals surface area contributed by atoms with Crippen molar-refractivity contribution in [3.8, 4) is 5.88 Å². The molecule has 3 aromatic rings. The van der Waals surface area contributed by atoms with Gasteiger partial charge in [0.25, 0.3) is 0 Å². The Kier molecular flexibility index (Phi) is 8.77. The number of hydrogen-bond donors (Lipinski definition) is 1. The van der Waals surface area contributed by atoms with Crippen LogP contribution in [0.4, 0.5) is 10.2 Å². The van der Waals surface area contributed by atoms with Crippen LogP contribution in [-0.4, -0.2) is 110 Å². The van der Waals surface area contributed by atoms with E-state index in [1.54, 1.807) is 6.07 Å². The number of pyridine rings is 1. The minimum Gasteiger partial charge on any atom is -0.477 e. The zero-order valence-electron chi connectivity index (χ0n) is 23.6. The second-order valence-corrected chi connectivity index (χ2v) is 11.6. The summed E-state index contributed by atoms with van der Waals surface area (Å²) < 4.78 is 25.4. The predicted molar refractivity (Wildman–Crippen MR) is 154 cm³/mol. The summed E-state index contributed by atoms with van der Waals surface area (Å²) >= 11 is 0. The molecule has 6 rings (SSSR count). The van der Waals surface area contributed by atoms with Gasteiger partial charge in [-0.05, 0) is 63.7 Å². The highest BCUT2D eigenvalue weighted by molar-refractivity contribution is 5.88. The number of benzene rings is 1.